The normalized spacial score (nSPS) is 6.00. The molecule has 0 amide bonds. The van der Waals surface area contributed by atoms with Gasteiger partial charge in [0, 0.05) is 13.1 Å². The van der Waals surface area contributed by atoms with Crippen molar-refractivity contribution in [3.05, 3.63) is 0 Å². The Kier molecular flexibility index (Phi) is 16.1. The van der Waals surface area contributed by atoms with Crippen molar-refractivity contribution in [2.24, 2.45) is 11.5 Å². The van der Waals surface area contributed by atoms with Crippen LogP contribution in [0.4, 0.5) is 0 Å². The zero-order valence-corrected chi connectivity index (χ0v) is 2.57. The van der Waals surface area contributed by atoms with E-state index in [9.17, 15) is 0 Å². The van der Waals surface area contributed by atoms with Gasteiger partial charge in [-0.25, -0.2) is 0 Å². The SMILES string of the molecule is NCCN.[GaH3]. The third kappa shape index (κ3) is 12.3. The van der Waals surface area contributed by atoms with E-state index in [1.807, 2.05) is 0 Å². The van der Waals surface area contributed by atoms with Crippen LogP contribution < -0.4 is 11.5 Å². The van der Waals surface area contributed by atoms with Gasteiger partial charge in [-0.1, -0.05) is 0 Å². The fourth-order valence-corrected chi connectivity index (χ4v) is 0. The average molecular weight is 133 g/mol. The van der Waals surface area contributed by atoms with Gasteiger partial charge in [0.1, 0.15) is 0 Å². The predicted molar refractivity (Wildman–Crippen MR) is 28.0 cm³/mol. The summed E-state index contributed by atoms with van der Waals surface area (Å²) in [5, 5.41) is 0. The fourth-order valence-electron chi connectivity index (χ4n) is 0. The first-order chi connectivity index (χ1) is 1.91. The zero-order chi connectivity index (χ0) is 3.41. The van der Waals surface area contributed by atoms with Crippen molar-refractivity contribution in [1.29, 1.82) is 0 Å². The molecule has 0 aromatic carbocycles. The van der Waals surface area contributed by atoms with Crippen LogP contribution in [0.3, 0.4) is 0 Å². The van der Waals surface area contributed by atoms with Crippen LogP contribution in [-0.4, -0.2) is 32.9 Å². The quantitative estimate of drug-likeness (QED) is 0.396. The van der Waals surface area contributed by atoms with Gasteiger partial charge in [0.05, 0.1) is 0 Å². The van der Waals surface area contributed by atoms with Crippen LogP contribution in [0.15, 0.2) is 0 Å². The van der Waals surface area contributed by atoms with Crippen LogP contribution in [-0.2, 0) is 0 Å². The molecular formula is C2H11GaN2. The van der Waals surface area contributed by atoms with Crippen LogP contribution in [0.2, 0.25) is 0 Å². The molecule has 0 aromatic rings. The fraction of sp³-hybridized carbons (Fsp3) is 1.00. The maximum atomic E-state index is 4.90. The first kappa shape index (κ1) is 9.12. The molecular weight excluding hydrogens is 122 g/mol. The molecule has 32 valence electrons. The third-order valence-corrected chi connectivity index (χ3v) is 0.167. The topological polar surface area (TPSA) is 52.0 Å². The van der Waals surface area contributed by atoms with Crippen LogP contribution in [0.5, 0.6) is 0 Å². The Labute approximate surface area is 45.0 Å². The molecule has 2 nitrogen and oxygen atoms in total. The Bertz CT molecular complexity index is 9.61. The van der Waals surface area contributed by atoms with Gasteiger partial charge in [0.25, 0.3) is 0 Å². The molecule has 0 saturated heterocycles. The first-order valence-electron chi connectivity index (χ1n) is 1.32. The summed E-state index contributed by atoms with van der Waals surface area (Å²) in [6, 6.07) is 0. The van der Waals surface area contributed by atoms with E-state index in [1.165, 1.54) is 0 Å². The molecule has 0 heterocycles. The van der Waals surface area contributed by atoms with Crippen LogP contribution in [0.1, 0.15) is 0 Å². The molecule has 0 aliphatic heterocycles. The number of hydrogen-bond acceptors (Lipinski definition) is 2. The minimum atomic E-state index is 0. The van der Waals surface area contributed by atoms with Gasteiger partial charge in [0.15, 0.2) is 0 Å². The van der Waals surface area contributed by atoms with E-state index in [1.54, 1.807) is 0 Å². The number of nitrogens with two attached hydrogens (primary N) is 2. The molecule has 0 atom stereocenters. The van der Waals surface area contributed by atoms with E-state index in [0.29, 0.717) is 13.1 Å². The minimum absolute atomic E-state index is 0. The van der Waals surface area contributed by atoms with Crippen LogP contribution >= 0.6 is 0 Å². The van der Waals surface area contributed by atoms with Crippen molar-refractivity contribution in [2.45, 2.75) is 0 Å². The summed E-state index contributed by atoms with van der Waals surface area (Å²) in [5.74, 6) is 0. The summed E-state index contributed by atoms with van der Waals surface area (Å²) in [6.07, 6.45) is 0. The van der Waals surface area contributed by atoms with E-state index < -0.39 is 0 Å². The summed E-state index contributed by atoms with van der Waals surface area (Å²) in [6.45, 7) is 1.19. The molecule has 5 heavy (non-hydrogen) atoms. The molecule has 0 fully saturated rings. The summed E-state index contributed by atoms with van der Waals surface area (Å²) in [7, 11) is 0. The Morgan fingerprint density at radius 3 is 1.20 bits per heavy atom. The van der Waals surface area contributed by atoms with Gasteiger partial charge < -0.3 is 11.5 Å². The van der Waals surface area contributed by atoms with Gasteiger partial charge >= 0.3 is 19.8 Å². The van der Waals surface area contributed by atoms with E-state index in [-0.39, 0.29) is 19.8 Å². The van der Waals surface area contributed by atoms with E-state index >= 15 is 0 Å². The Morgan fingerprint density at radius 2 is 1.20 bits per heavy atom. The van der Waals surface area contributed by atoms with Gasteiger partial charge in [0.2, 0.25) is 0 Å². The van der Waals surface area contributed by atoms with Crippen LogP contribution in [0.25, 0.3) is 0 Å². The van der Waals surface area contributed by atoms with Gasteiger partial charge in [-0.15, -0.1) is 0 Å². The van der Waals surface area contributed by atoms with Gasteiger partial charge in [-0.3, -0.25) is 0 Å². The molecule has 0 radical (unpaired) electrons. The second-order valence-electron chi connectivity index (χ2n) is 0.577. The molecule has 0 aliphatic carbocycles. The van der Waals surface area contributed by atoms with Gasteiger partial charge in [-0.05, 0) is 0 Å². The number of hydrogen-bond donors (Lipinski definition) is 2. The molecule has 0 aromatic heterocycles. The molecule has 0 spiro atoms. The summed E-state index contributed by atoms with van der Waals surface area (Å²) in [5.41, 5.74) is 9.81. The van der Waals surface area contributed by atoms with Crippen molar-refractivity contribution in [1.82, 2.24) is 0 Å². The Hall–Kier alpha value is 0.556. The zero-order valence-electron chi connectivity index (χ0n) is 2.57. The molecule has 0 rings (SSSR count). The Morgan fingerprint density at radius 1 is 1.00 bits per heavy atom. The van der Waals surface area contributed by atoms with Crippen molar-refractivity contribution >= 4 is 19.8 Å². The molecule has 0 saturated carbocycles. The summed E-state index contributed by atoms with van der Waals surface area (Å²) in [4.78, 5) is 0. The molecule has 0 aliphatic rings. The van der Waals surface area contributed by atoms with Crippen molar-refractivity contribution in [3.8, 4) is 0 Å². The van der Waals surface area contributed by atoms with E-state index in [0.717, 1.165) is 0 Å². The molecule has 0 unspecified atom stereocenters. The standard InChI is InChI=1S/C2H8N2.Ga.3H/c3-1-2-4;;;;/h1-4H2;;;;. The van der Waals surface area contributed by atoms with E-state index in [4.69, 9.17) is 11.5 Å². The first-order valence-corrected chi connectivity index (χ1v) is 1.32. The van der Waals surface area contributed by atoms with Gasteiger partial charge in [-0.2, -0.15) is 0 Å². The van der Waals surface area contributed by atoms with Crippen molar-refractivity contribution in [2.75, 3.05) is 13.1 Å². The molecule has 4 N–H and O–H groups in total. The second-order valence-corrected chi connectivity index (χ2v) is 0.577. The molecule has 3 heteroatoms. The van der Waals surface area contributed by atoms with Crippen molar-refractivity contribution < 1.29 is 0 Å². The van der Waals surface area contributed by atoms with E-state index in [2.05, 4.69) is 0 Å². The average Bonchev–Trinajstić information content (AvgIpc) is 1.37. The summed E-state index contributed by atoms with van der Waals surface area (Å²) >= 11 is 0. The maximum absolute atomic E-state index is 4.90. The monoisotopic (exact) mass is 132 g/mol. The third-order valence-electron chi connectivity index (χ3n) is 0.167. The van der Waals surface area contributed by atoms with Crippen molar-refractivity contribution in [3.63, 3.8) is 0 Å². The Balaban J connectivity index is 0. The number of rotatable bonds is 1. The second kappa shape index (κ2) is 8.82. The molecule has 0 bridgehead atoms. The predicted octanol–water partition coefficient (Wildman–Crippen LogP) is -2.28. The van der Waals surface area contributed by atoms with Crippen LogP contribution in [0, 0.1) is 0 Å². The summed E-state index contributed by atoms with van der Waals surface area (Å²) < 4.78 is 0.